The number of rotatable bonds is 22. The van der Waals surface area contributed by atoms with Gasteiger partial charge >= 0.3 is 18.9 Å². The van der Waals surface area contributed by atoms with Gasteiger partial charge in [0.15, 0.2) is 15.9 Å². The first-order valence-corrected chi connectivity index (χ1v) is 42.7. The van der Waals surface area contributed by atoms with Gasteiger partial charge in [0.25, 0.3) is 41.5 Å². The molecule has 2 aromatic heterocycles. The summed E-state index contributed by atoms with van der Waals surface area (Å²) in [4.78, 5) is 88.3. The third-order valence-corrected chi connectivity index (χ3v) is 26.7. The van der Waals surface area contributed by atoms with Crippen LogP contribution >= 0.6 is 47.4 Å². The average molecular weight is 1740 g/mol. The summed E-state index contributed by atoms with van der Waals surface area (Å²) in [5, 5.41) is 29.5. The number of para-hydroxylation sites is 2. The summed E-state index contributed by atoms with van der Waals surface area (Å²) in [5.74, 6) is -14.2. The molecule has 8 aliphatic heterocycles. The molecule has 0 spiro atoms. The monoisotopic (exact) mass is 1740 g/mol. The summed E-state index contributed by atoms with van der Waals surface area (Å²) in [6.07, 6.45) is 21.4. The zero-order valence-electron chi connectivity index (χ0n) is 63.4. The summed E-state index contributed by atoms with van der Waals surface area (Å²) in [5.41, 5.74) is -0.876. The van der Waals surface area contributed by atoms with Crippen LogP contribution in [-0.4, -0.2) is 236 Å². The number of anilines is 1. The predicted molar refractivity (Wildman–Crippen MR) is 406 cm³/mol. The maximum absolute atomic E-state index is 13.3. The molecular formula is C72H94Cl3F8LiN14O14S3. The topological polar surface area (TPSA) is 357 Å². The molecule has 12 unspecified atom stereocenters. The van der Waals surface area contributed by atoms with Crippen molar-refractivity contribution in [3.63, 3.8) is 0 Å². The van der Waals surface area contributed by atoms with Crippen molar-refractivity contribution in [1.82, 2.24) is 53.9 Å². The molecule has 12 atom stereocenters. The Balaban J connectivity index is 0.000000173. The number of nitrogens with zero attached hydrogens (tertiary/aromatic N) is 12. The van der Waals surface area contributed by atoms with Gasteiger partial charge in [0.2, 0.25) is 48.3 Å². The first-order chi connectivity index (χ1) is 53.5. The van der Waals surface area contributed by atoms with E-state index in [1.165, 1.54) is 122 Å². The number of fused-ring (bicyclic) bond motifs is 8. The van der Waals surface area contributed by atoms with Gasteiger partial charge in [0.05, 0.1) is 16.3 Å². The third-order valence-electron chi connectivity index (χ3n) is 22.0. The van der Waals surface area contributed by atoms with Gasteiger partial charge in [-0.05, 0) is 111 Å². The minimum absolute atomic E-state index is 0. The van der Waals surface area contributed by atoms with Crippen molar-refractivity contribution < 1.29 is 110 Å². The maximum atomic E-state index is 13.3. The number of alkyl halides is 8. The Hall–Kier alpha value is -5.96. The molecule has 4 saturated carbocycles. The van der Waals surface area contributed by atoms with E-state index in [1.807, 2.05) is 0 Å². The van der Waals surface area contributed by atoms with Gasteiger partial charge in [-0.2, -0.15) is 21.2 Å². The van der Waals surface area contributed by atoms with Crippen molar-refractivity contribution in [2.45, 2.75) is 236 Å². The number of hydrogen-bond acceptors (Lipinski definition) is 22. The molecule has 4 aromatic rings. The van der Waals surface area contributed by atoms with E-state index in [0.29, 0.717) is 44.2 Å². The second-order valence-corrected chi connectivity index (χ2v) is 35.5. The number of hydrogen-bond donors (Lipinski definition) is 3. The molecule has 12 fully saturated rings. The first-order valence-electron chi connectivity index (χ1n) is 38.0. The van der Waals surface area contributed by atoms with E-state index in [0.717, 1.165) is 73.6 Å². The minimum atomic E-state index is -4.13. The summed E-state index contributed by atoms with van der Waals surface area (Å²) < 4.78 is 160. The number of ether oxygens (including phenoxy) is 1. The van der Waals surface area contributed by atoms with Crippen LogP contribution in [0.2, 0.25) is 15.7 Å². The number of carbonyl (C=O) groups excluding carboxylic acids is 4. The largest absolute Gasteiger partial charge is 1.00 e. The van der Waals surface area contributed by atoms with Crippen molar-refractivity contribution in [3.05, 3.63) is 109 Å². The van der Waals surface area contributed by atoms with Crippen molar-refractivity contribution in [2.75, 3.05) is 63.0 Å². The van der Waals surface area contributed by atoms with Crippen molar-refractivity contribution in [1.29, 1.82) is 0 Å². The summed E-state index contributed by atoms with van der Waals surface area (Å²) in [6, 6.07) is 13.6. The minimum Gasteiger partial charge on any atom is -0.870 e. The Morgan fingerprint density at radius 3 is 1.26 bits per heavy atom. The second-order valence-electron chi connectivity index (χ2n) is 30.2. The molecule has 43 heteroatoms. The van der Waals surface area contributed by atoms with Crippen LogP contribution in [0.1, 0.15) is 148 Å². The number of nitrogens with one attached hydrogen (secondary N) is 2. The van der Waals surface area contributed by atoms with Gasteiger partial charge in [-0.15, -0.1) is 0 Å². The van der Waals surface area contributed by atoms with Gasteiger partial charge < -0.3 is 40.4 Å². The number of piperazine rings is 4. The molecule has 28 nitrogen and oxygen atoms in total. The van der Waals surface area contributed by atoms with Gasteiger partial charge in [-0.25, -0.2) is 71.9 Å². The second kappa shape index (κ2) is 40.9. The van der Waals surface area contributed by atoms with E-state index in [1.54, 1.807) is 28.1 Å². The van der Waals surface area contributed by atoms with E-state index in [-0.39, 0.29) is 132 Å². The van der Waals surface area contributed by atoms with Crippen LogP contribution in [0.25, 0.3) is 0 Å². The molecule has 632 valence electrons. The van der Waals surface area contributed by atoms with Gasteiger partial charge in [-0.3, -0.25) is 39.4 Å². The number of unbranched alkanes of at least 4 members (excludes halogenated alkanes) is 9. The molecule has 0 radical (unpaired) electrons. The van der Waals surface area contributed by atoms with E-state index < -0.39 is 112 Å². The van der Waals surface area contributed by atoms with Gasteiger partial charge in [0, 0.05) is 144 Å². The normalized spacial score (nSPS) is 27.2. The molecule has 8 saturated heterocycles. The smallest absolute Gasteiger partial charge is 0.870 e. The number of sulfonamides is 2. The first kappa shape index (κ1) is 94.5. The number of amides is 3. The molecule has 2 aromatic carbocycles. The molecule has 10 heterocycles. The summed E-state index contributed by atoms with van der Waals surface area (Å²) in [6.45, 7) is 5.73. The van der Waals surface area contributed by atoms with E-state index in [2.05, 4.69) is 59.8 Å². The van der Waals surface area contributed by atoms with Gasteiger partial charge in [-0.1, -0.05) is 101 Å². The standard InChI is InChI=1S/C16H17F2N3O5S.C14H15ClF2N4O.C12H15N3O4S.C12H26S.C10H14F2N2O.C4H2Cl2N2.C4H4F2O2.Li.H2O/c17-16(18)7-12(16)15(22)20-10-5-6-11(20)9-19(8-10)27(25,26)14-4-2-1-3-13(14)21(23)24;15-13-18-4-3-11(19-13)20-6-8-1-2-9(7-20)21(8)12(22)10-5-14(10,16)17;16-15(17)11-3-1-2-4-12(11)20(18,19)14-7-9-5-6-10(8-14)13-9;1-2-3-4-5-6-7-8-9-10-11-12-13;11-10(12)3-8(10)9(15)14-6-1-2-7(14)5-13-4-6;5-3-1-2-7-4(6)8-3;5-4(6)1-3(4)8-2-7;;/h1-4,10-12H,5-9H2;3-4,8-10H,1-2,5-7H2;1-4,9-10,13H,5-8H2;13H,2-12H2,1H3;6-8,13H,1-5H2;1-2H;2-3H,1H2;;1H2/q;;;;;;;+1;/p-1. The van der Waals surface area contributed by atoms with Crippen LogP contribution in [0.4, 0.5) is 52.3 Å². The van der Waals surface area contributed by atoms with E-state index in [9.17, 15) is 91.4 Å². The SMILES string of the molecule is CCCCCCCCCCCCS.Clc1ccnc(Cl)n1.O=C(C1CC1(F)F)N1C2CCC1CN(S(=O)(=O)c1ccccc1[N+](=O)[O-])C2.O=C(C1CC1(F)F)N1C2CCC1CN(c1ccnc(Cl)n1)C2.O=C(C1CC1(F)F)N1C2CCC1CNC2.O=COC1CC1(F)F.O=[N+]([O-])c1ccccc1S(=O)(=O)N1CC2CCC(C1)N2.[Li+].[OH-]. The molecule has 115 heavy (non-hydrogen) atoms. The Morgan fingerprint density at radius 1 is 0.548 bits per heavy atom. The van der Waals surface area contributed by atoms with Crippen molar-refractivity contribution in [3.8, 4) is 0 Å². The molecule has 8 bridgehead atoms. The van der Waals surface area contributed by atoms with Crippen molar-refractivity contribution >= 4 is 109 Å². The van der Waals surface area contributed by atoms with Crippen molar-refractivity contribution in [2.24, 2.45) is 17.8 Å². The molecule has 4 aliphatic carbocycles. The number of nitro groups is 2. The molecule has 16 rings (SSSR count). The Bertz CT molecular complexity index is 4170. The molecule has 3 N–H and O–H groups in total. The van der Waals surface area contributed by atoms with Crippen LogP contribution in [0.15, 0.2) is 82.8 Å². The Labute approximate surface area is 694 Å². The van der Waals surface area contributed by atoms with Crippen LogP contribution in [0, 0.1) is 38.0 Å². The zero-order chi connectivity index (χ0) is 82.0. The summed E-state index contributed by atoms with van der Waals surface area (Å²) >= 11 is 20.8. The molecule has 3 amide bonds. The van der Waals surface area contributed by atoms with Crippen LogP contribution in [-0.2, 0) is 44.0 Å². The van der Waals surface area contributed by atoms with Gasteiger partial charge in [0.1, 0.15) is 28.7 Å². The fraction of sp³-hybridized carbons (Fsp3) is 0.667. The number of halogens is 11. The number of carbonyl (C=O) groups is 4. The average Bonchev–Trinajstić information content (AvgIpc) is 1.60. The number of benzene rings is 2. The van der Waals surface area contributed by atoms with E-state index >= 15 is 0 Å². The van der Waals surface area contributed by atoms with Crippen LogP contribution in [0.5, 0.6) is 0 Å². The quantitative estimate of drug-likeness (QED) is 0.00760. The third kappa shape index (κ3) is 24.4. The number of aromatic nitrogens is 4. The Morgan fingerprint density at radius 2 is 0.913 bits per heavy atom. The maximum Gasteiger partial charge on any atom is 1.00 e. The fourth-order valence-electron chi connectivity index (χ4n) is 15.7. The molecular weight excluding hydrogens is 1650 g/mol. The van der Waals surface area contributed by atoms with Crippen LogP contribution in [0.3, 0.4) is 0 Å². The summed E-state index contributed by atoms with van der Waals surface area (Å²) in [7, 11) is -7.95. The molecule has 12 aliphatic rings. The fourth-order valence-corrected chi connectivity index (χ4v) is 19.7. The zero-order valence-corrected chi connectivity index (χ0v) is 68.2. The number of thiol groups is 1. The van der Waals surface area contributed by atoms with E-state index in [4.69, 9.17) is 34.8 Å². The predicted octanol–water partition coefficient (Wildman–Crippen LogP) is 8.92. The van der Waals surface area contributed by atoms with Crippen LogP contribution < -0.4 is 34.4 Å². The number of nitro benzene ring substituents is 2. The Kier molecular flexibility index (Phi) is 33.6.